The molecule has 0 unspecified atom stereocenters. The van der Waals surface area contributed by atoms with Crippen LogP contribution >= 0.6 is 0 Å². The summed E-state index contributed by atoms with van der Waals surface area (Å²) >= 11 is 0. The van der Waals surface area contributed by atoms with E-state index < -0.39 is 17.7 Å². The van der Waals surface area contributed by atoms with Gasteiger partial charge in [0.2, 0.25) is 0 Å². The molecule has 4 rings (SSSR count). The molecule has 2 fully saturated rings. The third kappa shape index (κ3) is 4.96. The molecule has 2 heterocycles. The minimum absolute atomic E-state index is 0.00805. The van der Waals surface area contributed by atoms with Crippen molar-refractivity contribution >= 4 is 17.4 Å². The lowest BCUT2D eigenvalue weighted by Gasteiger charge is -2.31. The predicted octanol–water partition coefficient (Wildman–Crippen LogP) is 2.47. The molecule has 1 atom stereocenters. The first-order valence-electron chi connectivity index (χ1n) is 11.4. The molecule has 2 aromatic carbocycles. The number of aliphatic hydroxyl groups excluding tert-OH is 1. The van der Waals surface area contributed by atoms with Gasteiger partial charge in [-0.05, 0) is 42.5 Å². The van der Waals surface area contributed by atoms with Gasteiger partial charge < -0.3 is 29.0 Å². The predicted molar refractivity (Wildman–Crippen MR) is 129 cm³/mol. The van der Waals surface area contributed by atoms with Gasteiger partial charge >= 0.3 is 0 Å². The Morgan fingerprint density at radius 3 is 2.23 bits per heavy atom. The second kappa shape index (κ2) is 10.8. The third-order valence-corrected chi connectivity index (χ3v) is 6.40. The highest BCUT2D eigenvalue weighted by Crippen LogP contribution is 2.43. The number of hydrogen-bond donors (Lipinski definition) is 1. The third-order valence-electron chi connectivity index (χ3n) is 6.40. The van der Waals surface area contributed by atoms with Crippen LogP contribution in [0.2, 0.25) is 0 Å². The fourth-order valence-corrected chi connectivity index (χ4v) is 4.47. The van der Waals surface area contributed by atoms with Crippen molar-refractivity contribution in [3.8, 4) is 17.2 Å². The van der Waals surface area contributed by atoms with Crippen molar-refractivity contribution < 1.29 is 33.6 Å². The molecule has 2 aliphatic rings. The molecule has 2 aliphatic heterocycles. The van der Waals surface area contributed by atoms with Crippen LogP contribution in [0.3, 0.4) is 0 Å². The van der Waals surface area contributed by atoms with Crippen LogP contribution in [0.1, 0.15) is 17.2 Å². The van der Waals surface area contributed by atoms with Gasteiger partial charge in [-0.2, -0.15) is 0 Å². The van der Waals surface area contributed by atoms with Gasteiger partial charge in [0.1, 0.15) is 23.0 Å². The number of carbonyl (C=O) groups is 2. The fourth-order valence-electron chi connectivity index (χ4n) is 4.47. The van der Waals surface area contributed by atoms with E-state index >= 15 is 0 Å². The number of likely N-dealkylation sites (tertiary alicyclic amines) is 1. The summed E-state index contributed by atoms with van der Waals surface area (Å²) in [6.07, 6.45) is 0. The van der Waals surface area contributed by atoms with Crippen molar-refractivity contribution in [1.29, 1.82) is 0 Å². The van der Waals surface area contributed by atoms with E-state index in [4.69, 9.17) is 18.9 Å². The maximum absolute atomic E-state index is 13.3. The quantitative estimate of drug-likeness (QED) is 0.348. The van der Waals surface area contributed by atoms with E-state index in [0.29, 0.717) is 54.7 Å². The summed E-state index contributed by atoms with van der Waals surface area (Å²) in [5.41, 5.74) is 0.973. The molecule has 2 aromatic rings. The fraction of sp³-hybridized carbons (Fsp3) is 0.385. The summed E-state index contributed by atoms with van der Waals surface area (Å²) < 4.78 is 21.6. The number of amides is 1. The van der Waals surface area contributed by atoms with Crippen molar-refractivity contribution in [3.05, 3.63) is 59.2 Å². The first kappa shape index (κ1) is 24.6. The normalized spacial score (nSPS) is 20.2. The van der Waals surface area contributed by atoms with E-state index in [1.165, 1.54) is 19.1 Å². The second-order valence-corrected chi connectivity index (χ2v) is 8.28. The SMILES string of the molecule is COc1ccc(C(O)=C2C(=O)C(=O)N(CCN3CCOCC3)[C@@H]2c2cc(OC)ccc2OC)cc1. The Labute approximate surface area is 204 Å². The van der Waals surface area contributed by atoms with Gasteiger partial charge in [0, 0.05) is 37.3 Å². The maximum Gasteiger partial charge on any atom is 0.295 e. The largest absolute Gasteiger partial charge is 0.507 e. The van der Waals surface area contributed by atoms with Gasteiger partial charge in [-0.3, -0.25) is 14.5 Å². The Bertz CT molecular complexity index is 1110. The van der Waals surface area contributed by atoms with Crippen molar-refractivity contribution in [2.45, 2.75) is 6.04 Å². The highest BCUT2D eigenvalue weighted by Gasteiger charge is 2.47. The number of nitrogens with zero attached hydrogens (tertiary/aromatic N) is 2. The molecule has 0 radical (unpaired) electrons. The van der Waals surface area contributed by atoms with E-state index in [9.17, 15) is 14.7 Å². The second-order valence-electron chi connectivity index (χ2n) is 8.28. The van der Waals surface area contributed by atoms with Crippen molar-refractivity contribution in [2.75, 3.05) is 60.7 Å². The number of benzene rings is 2. The molecule has 9 heteroatoms. The Balaban J connectivity index is 1.80. The van der Waals surface area contributed by atoms with Crippen LogP contribution in [0.25, 0.3) is 5.76 Å². The molecule has 0 spiro atoms. The van der Waals surface area contributed by atoms with E-state index in [1.807, 2.05) is 0 Å². The van der Waals surface area contributed by atoms with Gasteiger partial charge in [-0.15, -0.1) is 0 Å². The Kier molecular flexibility index (Phi) is 7.57. The first-order valence-corrected chi connectivity index (χ1v) is 11.4. The van der Waals surface area contributed by atoms with Gasteiger partial charge in [-0.25, -0.2) is 0 Å². The molecular weight excluding hydrogens is 452 g/mol. The molecule has 9 nitrogen and oxygen atoms in total. The molecule has 1 amide bonds. The molecule has 1 N–H and O–H groups in total. The zero-order valence-electron chi connectivity index (χ0n) is 20.2. The zero-order valence-corrected chi connectivity index (χ0v) is 20.2. The van der Waals surface area contributed by atoms with E-state index in [-0.39, 0.29) is 11.3 Å². The summed E-state index contributed by atoms with van der Waals surface area (Å²) in [7, 11) is 4.61. The van der Waals surface area contributed by atoms with Gasteiger partial charge in [0.05, 0.1) is 46.2 Å². The smallest absolute Gasteiger partial charge is 0.295 e. The van der Waals surface area contributed by atoms with Gasteiger partial charge in [0.15, 0.2) is 0 Å². The van der Waals surface area contributed by atoms with E-state index in [1.54, 1.807) is 49.6 Å². The van der Waals surface area contributed by atoms with Crippen LogP contribution in [0.5, 0.6) is 17.2 Å². The molecular formula is C26H30N2O7. The Morgan fingerprint density at radius 1 is 0.943 bits per heavy atom. The molecule has 0 aromatic heterocycles. The van der Waals surface area contributed by atoms with Crippen molar-refractivity contribution in [3.63, 3.8) is 0 Å². The summed E-state index contributed by atoms with van der Waals surface area (Å²) in [5, 5.41) is 11.3. The molecule has 35 heavy (non-hydrogen) atoms. The van der Waals surface area contributed by atoms with Gasteiger partial charge in [0.25, 0.3) is 11.7 Å². The average molecular weight is 483 g/mol. The molecule has 2 saturated heterocycles. The topological polar surface area (TPSA) is 97.8 Å². The molecule has 186 valence electrons. The van der Waals surface area contributed by atoms with Crippen LogP contribution in [-0.2, 0) is 14.3 Å². The minimum atomic E-state index is -0.844. The maximum atomic E-state index is 13.3. The Hall–Kier alpha value is -3.56. The van der Waals surface area contributed by atoms with Crippen LogP contribution in [0, 0.1) is 0 Å². The average Bonchev–Trinajstić information content (AvgIpc) is 3.16. The standard InChI is InChI=1S/C26H30N2O7/c1-32-18-6-4-17(5-7-18)24(29)22-23(20-16-19(33-2)8-9-21(20)34-3)28(26(31)25(22)30)11-10-27-12-14-35-15-13-27/h4-9,16,23,29H,10-15H2,1-3H3/t23-/m1/s1. The lowest BCUT2D eigenvalue weighted by Crippen LogP contribution is -2.42. The van der Waals surface area contributed by atoms with Crippen molar-refractivity contribution in [2.24, 2.45) is 0 Å². The minimum Gasteiger partial charge on any atom is -0.507 e. The number of hydrogen-bond acceptors (Lipinski definition) is 8. The summed E-state index contributed by atoms with van der Waals surface area (Å²) in [4.78, 5) is 30.3. The molecule has 0 bridgehead atoms. The number of ether oxygens (including phenoxy) is 4. The number of aliphatic hydroxyl groups is 1. The van der Waals surface area contributed by atoms with Gasteiger partial charge in [-0.1, -0.05) is 0 Å². The molecule has 0 aliphatic carbocycles. The summed E-state index contributed by atoms with van der Waals surface area (Å²) in [6.45, 7) is 3.63. The summed E-state index contributed by atoms with van der Waals surface area (Å²) in [6, 6.07) is 11.0. The van der Waals surface area contributed by atoms with Crippen molar-refractivity contribution in [1.82, 2.24) is 9.80 Å². The van der Waals surface area contributed by atoms with E-state index in [0.717, 1.165) is 13.1 Å². The first-order chi connectivity index (χ1) is 17.0. The monoisotopic (exact) mass is 482 g/mol. The number of methoxy groups -OCH3 is 3. The van der Waals surface area contributed by atoms with Crippen LogP contribution in [0.15, 0.2) is 48.0 Å². The lowest BCUT2D eigenvalue weighted by atomic mass is 9.94. The zero-order chi connectivity index (χ0) is 24.9. The highest BCUT2D eigenvalue weighted by molar-refractivity contribution is 6.46. The lowest BCUT2D eigenvalue weighted by molar-refractivity contribution is -0.140. The number of Topliss-reactive ketones (excluding diaryl/α,β-unsaturated/α-hetero) is 1. The molecule has 0 saturated carbocycles. The van der Waals surface area contributed by atoms with E-state index in [2.05, 4.69) is 4.90 Å². The van der Waals surface area contributed by atoms with Crippen LogP contribution in [-0.4, -0.2) is 87.3 Å². The number of rotatable bonds is 8. The summed E-state index contributed by atoms with van der Waals surface area (Å²) in [5.74, 6) is -0.0228. The highest BCUT2D eigenvalue weighted by atomic mass is 16.5. The van der Waals surface area contributed by atoms with Crippen LogP contribution < -0.4 is 14.2 Å². The number of ketones is 1. The number of morpholine rings is 1. The Morgan fingerprint density at radius 2 is 1.60 bits per heavy atom. The van der Waals surface area contributed by atoms with Crippen LogP contribution in [0.4, 0.5) is 0 Å². The number of carbonyl (C=O) groups excluding carboxylic acids is 2.